The van der Waals surface area contributed by atoms with E-state index in [1.807, 2.05) is 103 Å². The van der Waals surface area contributed by atoms with Crippen LogP contribution in [0.3, 0.4) is 0 Å². The zero-order chi connectivity index (χ0) is 31.7. The maximum Gasteiger partial charge on any atom is 0.317 e. The summed E-state index contributed by atoms with van der Waals surface area (Å²) in [7, 11) is 0. The second kappa shape index (κ2) is 12.8. The van der Waals surface area contributed by atoms with Crippen molar-refractivity contribution in [3.05, 3.63) is 100 Å². The van der Waals surface area contributed by atoms with E-state index in [1.165, 1.54) is 11.8 Å². The molecule has 2 aliphatic heterocycles. The minimum Gasteiger partial charge on any atom is -0.361 e. The first kappa shape index (κ1) is 31.0. The molecule has 2 saturated heterocycles. The number of hydrogen-bond donors (Lipinski definition) is 2. The number of thioether (sulfide) groups is 1. The molecule has 2 unspecified atom stereocenters. The van der Waals surface area contributed by atoms with Gasteiger partial charge in [0.05, 0.1) is 12.5 Å². The zero-order valence-electron chi connectivity index (χ0n) is 25.8. The molecule has 0 spiro atoms. The summed E-state index contributed by atoms with van der Waals surface area (Å²) >= 11 is 7.84. The zero-order valence-corrected chi connectivity index (χ0v) is 27.4. The second-order valence-electron chi connectivity index (χ2n) is 11.9. The van der Waals surface area contributed by atoms with Crippen molar-refractivity contribution in [1.29, 1.82) is 0 Å². The van der Waals surface area contributed by atoms with E-state index in [0.717, 1.165) is 38.1 Å². The molecule has 234 valence electrons. The molecule has 0 bridgehead atoms. The number of rotatable bonds is 7. The Balaban J connectivity index is 1.46. The number of urea groups is 1. The first-order valence-corrected chi connectivity index (χ1v) is 16.6. The molecule has 3 heterocycles. The van der Waals surface area contributed by atoms with E-state index < -0.39 is 10.8 Å². The first-order chi connectivity index (χ1) is 21.7. The topological polar surface area (TPSA) is 88.8 Å². The van der Waals surface area contributed by atoms with Crippen molar-refractivity contribution in [1.82, 2.24) is 25.0 Å². The van der Waals surface area contributed by atoms with E-state index in [2.05, 4.69) is 10.3 Å². The van der Waals surface area contributed by atoms with Gasteiger partial charge in [-0.15, -0.1) is 11.8 Å². The summed E-state index contributed by atoms with van der Waals surface area (Å²) in [6, 6.07) is 21.3. The molecule has 2 aliphatic rings. The van der Waals surface area contributed by atoms with E-state index in [0.29, 0.717) is 44.3 Å². The predicted molar refractivity (Wildman–Crippen MR) is 179 cm³/mol. The van der Waals surface area contributed by atoms with Crippen LogP contribution in [0.5, 0.6) is 0 Å². The molecule has 45 heavy (non-hydrogen) atoms. The third-order valence-electron chi connectivity index (χ3n) is 8.80. The van der Waals surface area contributed by atoms with Crippen molar-refractivity contribution in [3.8, 4) is 0 Å². The van der Waals surface area contributed by atoms with Crippen LogP contribution in [0.15, 0.2) is 77.8 Å². The maximum atomic E-state index is 15.1. The fourth-order valence-electron chi connectivity index (χ4n) is 6.44. The lowest BCUT2D eigenvalue weighted by molar-refractivity contribution is -0.136. The molecule has 2 fully saturated rings. The number of nitrogens with one attached hydrogen (secondary N) is 2. The highest BCUT2D eigenvalue weighted by molar-refractivity contribution is 8.01. The average molecular weight is 644 g/mol. The first-order valence-electron chi connectivity index (χ1n) is 15.4. The Morgan fingerprint density at radius 2 is 1.60 bits per heavy atom. The molecule has 0 aliphatic carbocycles. The standard InChI is InChI=1S/C35H38ClN5O3S/c1-4-37-34(44)40-17-15-39(16-18-40)33(43)35(45-27-12-7-24(3)8-13-27)20-31(42)41(22-25-9-5-23(2)6-10-25)32(35)29-21-38-30-19-26(36)11-14-28(29)30/h5-14,19,21,32,38H,4,15-18,20,22H2,1-3H3,(H,37,44). The number of aromatic amines is 1. The fourth-order valence-corrected chi connectivity index (χ4v) is 8.09. The van der Waals surface area contributed by atoms with Crippen molar-refractivity contribution >= 4 is 52.1 Å². The number of aromatic nitrogens is 1. The number of piperazine rings is 1. The van der Waals surface area contributed by atoms with Gasteiger partial charge in [0.2, 0.25) is 11.8 Å². The monoisotopic (exact) mass is 643 g/mol. The number of carbonyl (C=O) groups is 3. The average Bonchev–Trinajstić information content (AvgIpc) is 3.56. The summed E-state index contributed by atoms with van der Waals surface area (Å²) in [5, 5.41) is 4.39. The molecule has 6 rings (SSSR count). The number of aryl methyl sites for hydroxylation is 2. The highest BCUT2D eigenvalue weighted by atomic mass is 35.5. The number of H-pyrrole nitrogens is 1. The van der Waals surface area contributed by atoms with Crippen LogP contribution >= 0.6 is 23.4 Å². The molecule has 1 aromatic heterocycles. The van der Waals surface area contributed by atoms with Crippen molar-refractivity contribution in [3.63, 3.8) is 0 Å². The summed E-state index contributed by atoms with van der Waals surface area (Å²) in [6.07, 6.45) is 1.98. The van der Waals surface area contributed by atoms with Crippen molar-refractivity contribution in [2.24, 2.45) is 0 Å². The van der Waals surface area contributed by atoms with Crippen LogP contribution in [-0.2, 0) is 16.1 Å². The SMILES string of the molecule is CCNC(=O)N1CCN(C(=O)C2(Sc3ccc(C)cc3)CC(=O)N(Cc3ccc(C)cc3)C2c2c[nH]c3cc(Cl)ccc23)CC1. The van der Waals surface area contributed by atoms with E-state index in [1.54, 1.807) is 4.90 Å². The van der Waals surface area contributed by atoms with Gasteiger partial charge in [-0.25, -0.2) is 4.79 Å². The Morgan fingerprint density at radius 3 is 2.27 bits per heavy atom. The van der Waals surface area contributed by atoms with Crippen molar-refractivity contribution in [2.75, 3.05) is 32.7 Å². The summed E-state index contributed by atoms with van der Waals surface area (Å²) < 4.78 is -1.15. The quantitative estimate of drug-likeness (QED) is 0.247. The molecular weight excluding hydrogens is 606 g/mol. The number of fused-ring (bicyclic) bond motifs is 1. The lowest BCUT2D eigenvalue weighted by Gasteiger charge is -2.42. The van der Waals surface area contributed by atoms with E-state index in [9.17, 15) is 9.59 Å². The van der Waals surface area contributed by atoms with Crippen LogP contribution in [-0.4, -0.2) is 75.0 Å². The van der Waals surface area contributed by atoms with Gasteiger partial charge in [0.1, 0.15) is 4.75 Å². The Hall–Kier alpha value is -3.95. The lowest BCUT2D eigenvalue weighted by Crippen LogP contribution is -2.58. The number of carbonyl (C=O) groups excluding carboxylic acids is 3. The van der Waals surface area contributed by atoms with Gasteiger partial charge in [0, 0.05) is 71.8 Å². The number of halogens is 1. The van der Waals surface area contributed by atoms with Crippen LogP contribution < -0.4 is 5.32 Å². The van der Waals surface area contributed by atoms with Gasteiger partial charge < -0.3 is 25.0 Å². The van der Waals surface area contributed by atoms with Gasteiger partial charge in [-0.1, -0.05) is 65.2 Å². The van der Waals surface area contributed by atoms with Gasteiger partial charge in [-0.2, -0.15) is 0 Å². The highest BCUT2D eigenvalue weighted by Crippen LogP contribution is 2.55. The molecule has 4 amide bonds. The fraction of sp³-hybridized carbons (Fsp3) is 0.343. The van der Waals surface area contributed by atoms with Crippen LogP contribution in [0.4, 0.5) is 4.79 Å². The van der Waals surface area contributed by atoms with Crippen molar-refractivity contribution in [2.45, 2.75) is 49.4 Å². The van der Waals surface area contributed by atoms with E-state index in [-0.39, 0.29) is 24.3 Å². The predicted octanol–water partition coefficient (Wildman–Crippen LogP) is 6.32. The van der Waals surface area contributed by atoms with Gasteiger partial charge >= 0.3 is 6.03 Å². The number of nitrogens with zero attached hydrogens (tertiary/aromatic N) is 3. The summed E-state index contributed by atoms with van der Waals surface area (Å²) in [5.74, 6) is -0.158. The molecule has 2 atom stereocenters. The minimum atomic E-state index is -1.15. The van der Waals surface area contributed by atoms with Gasteiger partial charge in [-0.05, 0) is 50.6 Å². The van der Waals surface area contributed by atoms with Gasteiger partial charge in [-0.3, -0.25) is 9.59 Å². The smallest absolute Gasteiger partial charge is 0.317 e. The van der Waals surface area contributed by atoms with Crippen molar-refractivity contribution < 1.29 is 14.4 Å². The third kappa shape index (κ3) is 6.16. The molecule has 0 radical (unpaired) electrons. The van der Waals surface area contributed by atoms with Crippen LogP contribution in [0, 0.1) is 13.8 Å². The highest BCUT2D eigenvalue weighted by Gasteiger charge is 2.59. The molecule has 4 aromatic rings. The Morgan fingerprint density at radius 1 is 0.956 bits per heavy atom. The largest absolute Gasteiger partial charge is 0.361 e. The van der Waals surface area contributed by atoms with Crippen LogP contribution in [0.2, 0.25) is 5.02 Å². The molecule has 8 nitrogen and oxygen atoms in total. The summed E-state index contributed by atoms with van der Waals surface area (Å²) in [5.41, 5.74) is 5.00. The Labute approximate surface area is 273 Å². The van der Waals surface area contributed by atoms with E-state index >= 15 is 4.79 Å². The van der Waals surface area contributed by atoms with Crippen LogP contribution in [0.1, 0.15) is 41.6 Å². The number of benzene rings is 3. The molecule has 3 aromatic carbocycles. The minimum absolute atomic E-state index is 0.0533. The lowest BCUT2D eigenvalue weighted by atomic mass is 9.90. The number of amides is 4. The molecule has 10 heteroatoms. The summed E-state index contributed by atoms with van der Waals surface area (Å²) in [4.78, 5) is 51.6. The maximum absolute atomic E-state index is 15.1. The van der Waals surface area contributed by atoms with E-state index in [4.69, 9.17) is 11.6 Å². The third-order valence-corrected chi connectivity index (χ3v) is 10.4. The van der Waals surface area contributed by atoms with Gasteiger partial charge in [0.25, 0.3) is 0 Å². The Kier molecular flexibility index (Phi) is 8.84. The van der Waals surface area contributed by atoms with Gasteiger partial charge in [0.15, 0.2) is 0 Å². The molecule has 2 N–H and O–H groups in total. The summed E-state index contributed by atoms with van der Waals surface area (Å²) in [6.45, 7) is 8.54. The molecule has 0 saturated carbocycles. The molecular formula is C35H38ClN5O3S. The second-order valence-corrected chi connectivity index (χ2v) is 13.8. The number of hydrogen-bond acceptors (Lipinski definition) is 4. The Bertz CT molecular complexity index is 1720. The number of likely N-dealkylation sites (tertiary alicyclic amines) is 1. The normalized spacial score (nSPS) is 20.2. The van der Waals surface area contributed by atoms with Crippen LogP contribution in [0.25, 0.3) is 10.9 Å².